The Labute approximate surface area is 183 Å². The van der Waals surface area contributed by atoms with Gasteiger partial charge in [-0.05, 0) is 23.6 Å². The van der Waals surface area contributed by atoms with Crippen LogP contribution in [0.3, 0.4) is 0 Å². The van der Waals surface area contributed by atoms with E-state index in [0.29, 0.717) is 22.9 Å². The molecular formula is C25H25Cl2NO. The summed E-state index contributed by atoms with van der Waals surface area (Å²) in [4.78, 5) is 14.7. The van der Waals surface area contributed by atoms with Gasteiger partial charge in [-0.3, -0.25) is 0 Å². The molecule has 0 radical (unpaired) electrons. The van der Waals surface area contributed by atoms with Crippen LogP contribution in [0.15, 0.2) is 94.8 Å². The van der Waals surface area contributed by atoms with Gasteiger partial charge in [-0.25, -0.2) is 0 Å². The summed E-state index contributed by atoms with van der Waals surface area (Å²) >= 11 is 13.0. The lowest BCUT2D eigenvalue weighted by atomic mass is 9.83. The van der Waals surface area contributed by atoms with Gasteiger partial charge in [-0.15, -0.1) is 0 Å². The van der Waals surface area contributed by atoms with E-state index < -0.39 is 5.54 Å². The largest absolute Gasteiger partial charge is 0.332 e. The van der Waals surface area contributed by atoms with Crippen molar-refractivity contribution in [2.45, 2.75) is 38.1 Å². The van der Waals surface area contributed by atoms with Gasteiger partial charge in [-0.2, -0.15) is 0 Å². The molecule has 4 heteroatoms. The first-order valence-electron chi connectivity index (χ1n) is 9.86. The number of rotatable bonds is 8. The molecule has 0 saturated carbocycles. The lowest BCUT2D eigenvalue weighted by Crippen LogP contribution is -2.51. The van der Waals surface area contributed by atoms with Crippen LogP contribution in [0.1, 0.15) is 30.9 Å². The van der Waals surface area contributed by atoms with Crippen molar-refractivity contribution in [3.05, 3.63) is 106 Å². The van der Waals surface area contributed by atoms with E-state index in [1.165, 1.54) is 0 Å². The molecule has 0 aliphatic carbocycles. The van der Waals surface area contributed by atoms with Crippen molar-refractivity contribution in [1.29, 1.82) is 0 Å². The highest BCUT2D eigenvalue weighted by atomic mass is 35.5. The molecule has 2 aromatic carbocycles. The summed E-state index contributed by atoms with van der Waals surface area (Å²) in [5.41, 5.74) is 2.15. The quantitative estimate of drug-likeness (QED) is 0.443. The lowest BCUT2D eigenvalue weighted by molar-refractivity contribution is -0.116. The van der Waals surface area contributed by atoms with Gasteiger partial charge >= 0.3 is 0 Å². The topological polar surface area (TPSA) is 20.3 Å². The average Bonchev–Trinajstić information content (AvgIpc) is 2.73. The number of halogens is 2. The van der Waals surface area contributed by atoms with E-state index in [2.05, 4.69) is 13.0 Å². The van der Waals surface area contributed by atoms with Crippen LogP contribution in [0, 0.1) is 0 Å². The van der Waals surface area contributed by atoms with Gasteiger partial charge < -0.3 is 9.69 Å². The Morgan fingerprint density at radius 1 is 0.931 bits per heavy atom. The summed E-state index contributed by atoms with van der Waals surface area (Å²) in [6.45, 7) is 2.12. The number of hydrogen-bond acceptors (Lipinski definition) is 2. The van der Waals surface area contributed by atoms with Crippen molar-refractivity contribution < 1.29 is 4.79 Å². The van der Waals surface area contributed by atoms with Crippen LogP contribution in [0.25, 0.3) is 0 Å². The van der Waals surface area contributed by atoms with Gasteiger partial charge in [-0.1, -0.05) is 103 Å². The third-order valence-corrected chi connectivity index (χ3v) is 5.56. The molecule has 0 amide bonds. The summed E-state index contributed by atoms with van der Waals surface area (Å²) in [5.74, 6) is 0. The molecule has 150 valence electrons. The van der Waals surface area contributed by atoms with Gasteiger partial charge in [0.1, 0.15) is 11.8 Å². The van der Waals surface area contributed by atoms with Gasteiger partial charge in [0.05, 0.1) is 15.8 Å². The second-order valence-electron chi connectivity index (χ2n) is 7.30. The van der Waals surface area contributed by atoms with E-state index >= 15 is 0 Å². The summed E-state index contributed by atoms with van der Waals surface area (Å²) in [6.07, 6.45) is 9.64. The van der Waals surface area contributed by atoms with Crippen molar-refractivity contribution in [1.82, 2.24) is 4.90 Å². The Balaban J connectivity index is 2.11. The molecule has 1 heterocycles. The van der Waals surface area contributed by atoms with Crippen LogP contribution in [-0.4, -0.2) is 16.7 Å². The zero-order chi connectivity index (χ0) is 20.7. The normalized spacial score (nSPS) is 15.8. The fourth-order valence-corrected chi connectivity index (χ4v) is 4.21. The van der Waals surface area contributed by atoms with Crippen molar-refractivity contribution in [2.75, 3.05) is 0 Å². The number of hydrogen-bond donors (Lipinski definition) is 0. The van der Waals surface area contributed by atoms with Crippen LogP contribution in [0.2, 0.25) is 0 Å². The van der Waals surface area contributed by atoms with Crippen molar-refractivity contribution in [3.8, 4) is 0 Å². The van der Waals surface area contributed by atoms with Crippen LogP contribution < -0.4 is 0 Å². The molecule has 0 atom stereocenters. The lowest BCUT2D eigenvalue weighted by Gasteiger charge is -2.42. The van der Waals surface area contributed by atoms with Gasteiger partial charge in [0.15, 0.2) is 0 Å². The van der Waals surface area contributed by atoms with Crippen molar-refractivity contribution >= 4 is 29.5 Å². The van der Waals surface area contributed by atoms with Crippen molar-refractivity contribution in [3.63, 3.8) is 0 Å². The molecule has 0 saturated heterocycles. The Bertz CT molecular complexity index is 875. The smallest absolute Gasteiger partial charge is 0.146 e. The van der Waals surface area contributed by atoms with Crippen LogP contribution in [0.4, 0.5) is 0 Å². The third kappa shape index (κ3) is 5.20. The van der Waals surface area contributed by atoms with E-state index in [9.17, 15) is 4.79 Å². The average molecular weight is 426 g/mol. The maximum atomic E-state index is 12.8. The molecule has 2 nitrogen and oxygen atoms in total. The molecule has 0 unspecified atom stereocenters. The summed E-state index contributed by atoms with van der Waals surface area (Å²) in [6, 6.07) is 20.1. The Kier molecular flexibility index (Phi) is 7.35. The number of nitrogens with zero attached hydrogens (tertiary/aromatic N) is 1. The van der Waals surface area contributed by atoms with Crippen molar-refractivity contribution in [2.24, 2.45) is 0 Å². The number of allylic oxidation sites excluding steroid dienone is 4. The van der Waals surface area contributed by atoms with Crippen LogP contribution in [-0.2, 0) is 17.6 Å². The van der Waals surface area contributed by atoms with Gasteiger partial charge in [0, 0.05) is 19.0 Å². The number of carbonyl (C=O) groups excluding carboxylic acids is 1. The van der Waals surface area contributed by atoms with E-state index in [0.717, 1.165) is 36.0 Å². The van der Waals surface area contributed by atoms with Gasteiger partial charge in [0.25, 0.3) is 0 Å². The van der Waals surface area contributed by atoms with E-state index in [4.69, 9.17) is 23.2 Å². The maximum absolute atomic E-state index is 12.8. The number of unbranched alkanes of at least 4 members (excludes halogenated alkanes) is 1. The number of carbonyl (C=O) groups is 1. The standard InChI is InChI=1S/C25H25Cl2NO/c1-2-3-14-24-23(27)15-22(26)18-28(24)25(19-29,16-20-10-6-4-7-11-20)17-21-12-8-5-9-13-21/h4-15,18-19H,2-3,16-17H2,1H3/b24-14+. The first-order valence-corrected chi connectivity index (χ1v) is 10.6. The SMILES string of the molecule is CCC/C=C1\C(Cl)=CC(Cl)=CN1C(C=O)(Cc1ccccc1)Cc1ccccc1. The molecule has 29 heavy (non-hydrogen) atoms. The van der Waals surface area contributed by atoms with E-state index in [-0.39, 0.29) is 0 Å². The second-order valence-corrected chi connectivity index (χ2v) is 8.14. The van der Waals surface area contributed by atoms with Gasteiger partial charge in [0.2, 0.25) is 0 Å². The molecular weight excluding hydrogens is 401 g/mol. The highest BCUT2D eigenvalue weighted by Crippen LogP contribution is 2.37. The minimum atomic E-state index is -0.850. The molecule has 0 spiro atoms. The second kappa shape index (κ2) is 9.96. The summed E-state index contributed by atoms with van der Waals surface area (Å²) in [7, 11) is 0. The Hall–Kier alpha value is -2.29. The highest BCUT2D eigenvalue weighted by Gasteiger charge is 2.39. The Morgan fingerprint density at radius 2 is 1.48 bits per heavy atom. The summed E-state index contributed by atoms with van der Waals surface area (Å²) in [5, 5.41) is 1.06. The fraction of sp³-hybridized carbons (Fsp3) is 0.240. The molecule has 0 N–H and O–H groups in total. The predicted octanol–water partition coefficient (Wildman–Crippen LogP) is 6.61. The predicted molar refractivity (Wildman–Crippen MR) is 122 cm³/mol. The number of aldehydes is 1. The maximum Gasteiger partial charge on any atom is 0.146 e. The first kappa shape index (κ1) is 21.4. The zero-order valence-corrected chi connectivity index (χ0v) is 18.0. The molecule has 1 aliphatic heterocycles. The molecule has 0 aromatic heterocycles. The molecule has 0 fully saturated rings. The molecule has 2 aromatic rings. The van der Waals surface area contributed by atoms with E-state index in [1.54, 1.807) is 6.08 Å². The number of benzene rings is 2. The molecule has 1 aliphatic rings. The minimum absolute atomic E-state index is 0.510. The Morgan fingerprint density at radius 3 is 1.97 bits per heavy atom. The first-order chi connectivity index (χ1) is 14.1. The van der Waals surface area contributed by atoms with Crippen LogP contribution >= 0.6 is 23.2 Å². The molecule has 0 bridgehead atoms. The fourth-order valence-electron chi connectivity index (χ4n) is 3.66. The summed E-state index contributed by atoms with van der Waals surface area (Å²) < 4.78 is 0. The highest BCUT2D eigenvalue weighted by molar-refractivity contribution is 6.36. The van der Waals surface area contributed by atoms with E-state index in [1.807, 2.05) is 71.8 Å². The third-order valence-electron chi connectivity index (χ3n) is 5.05. The molecule has 3 rings (SSSR count). The monoisotopic (exact) mass is 425 g/mol. The zero-order valence-electron chi connectivity index (χ0n) is 16.5. The van der Waals surface area contributed by atoms with Crippen LogP contribution in [0.5, 0.6) is 0 Å². The minimum Gasteiger partial charge on any atom is -0.332 e.